The van der Waals surface area contributed by atoms with Gasteiger partial charge in [-0.15, -0.1) is 24.0 Å². The number of hydrogen-bond acceptors (Lipinski definition) is 3. The molecule has 3 rings (SSSR count). The fraction of sp³-hybridized carbons (Fsp3) is 0.708. The molecule has 2 N–H and O–H groups in total. The SMILES string of the molecule is CN=C(NCc1ccccc1CN1CCCCC1)NCC1(CCOC)CCCC1.I. The second-order valence-corrected chi connectivity index (χ2v) is 8.83. The van der Waals surface area contributed by atoms with Gasteiger partial charge in [0.05, 0.1) is 0 Å². The second kappa shape index (κ2) is 13.5. The van der Waals surface area contributed by atoms with E-state index in [-0.39, 0.29) is 24.0 Å². The van der Waals surface area contributed by atoms with Crippen LogP contribution in [0, 0.1) is 5.41 Å². The van der Waals surface area contributed by atoms with Crippen molar-refractivity contribution in [1.29, 1.82) is 0 Å². The van der Waals surface area contributed by atoms with Crippen LogP contribution in [0.2, 0.25) is 0 Å². The summed E-state index contributed by atoms with van der Waals surface area (Å²) in [5, 5.41) is 7.15. The minimum absolute atomic E-state index is 0. The number of ether oxygens (including phenoxy) is 1. The molecule has 1 aliphatic carbocycles. The summed E-state index contributed by atoms with van der Waals surface area (Å²) >= 11 is 0. The lowest BCUT2D eigenvalue weighted by molar-refractivity contribution is 0.138. The molecule has 1 aromatic carbocycles. The summed E-state index contributed by atoms with van der Waals surface area (Å²) in [4.78, 5) is 7.07. The number of halogens is 1. The van der Waals surface area contributed by atoms with E-state index < -0.39 is 0 Å². The number of methoxy groups -OCH3 is 1. The highest BCUT2D eigenvalue weighted by Gasteiger charge is 2.33. The van der Waals surface area contributed by atoms with Crippen molar-refractivity contribution < 1.29 is 4.74 Å². The van der Waals surface area contributed by atoms with Crippen molar-refractivity contribution in [2.75, 3.05) is 40.4 Å². The standard InChI is InChI=1S/C24H40N4O.HI/c1-25-23(27-20-24(14-17-29-2)12-6-7-13-24)26-18-21-10-4-5-11-22(21)19-28-15-8-3-9-16-28;/h4-5,10-11H,3,6-9,12-20H2,1-2H3,(H2,25,26,27);1H. The Bertz CT molecular complexity index is 640. The normalized spacial score (nSPS) is 19.3. The molecule has 30 heavy (non-hydrogen) atoms. The molecule has 0 amide bonds. The highest BCUT2D eigenvalue weighted by Crippen LogP contribution is 2.40. The molecule has 1 saturated carbocycles. The van der Waals surface area contributed by atoms with Gasteiger partial charge in [0.1, 0.15) is 0 Å². The van der Waals surface area contributed by atoms with Gasteiger partial charge < -0.3 is 15.4 Å². The summed E-state index contributed by atoms with van der Waals surface area (Å²) in [6.45, 7) is 6.16. The minimum atomic E-state index is 0. The van der Waals surface area contributed by atoms with Crippen LogP contribution in [0.4, 0.5) is 0 Å². The van der Waals surface area contributed by atoms with E-state index in [1.165, 1.54) is 69.2 Å². The van der Waals surface area contributed by atoms with E-state index in [4.69, 9.17) is 4.74 Å². The maximum atomic E-state index is 5.37. The quantitative estimate of drug-likeness (QED) is 0.281. The first-order valence-electron chi connectivity index (χ1n) is 11.5. The zero-order chi connectivity index (χ0) is 20.4. The van der Waals surface area contributed by atoms with Crippen molar-refractivity contribution in [1.82, 2.24) is 15.5 Å². The number of hydrogen-bond donors (Lipinski definition) is 2. The Morgan fingerprint density at radius 3 is 2.40 bits per heavy atom. The van der Waals surface area contributed by atoms with E-state index in [1.54, 1.807) is 7.11 Å². The zero-order valence-electron chi connectivity index (χ0n) is 18.9. The third-order valence-electron chi connectivity index (χ3n) is 6.76. The predicted molar refractivity (Wildman–Crippen MR) is 137 cm³/mol. The average molecular weight is 529 g/mol. The van der Waals surface area contributed by atoms with Crippen molar-refractivity contribution >= 4 is 29.9 Å². The van der Waals surface area contributed by atoms with Gasteiger partial charge >= 0.3 is 0 Å². The second-order valence-electron chi connectivity index (χ2n) is 8.83. The van der Waals surface area contributed by atoms with Crippen LogP contribution in [-0.4, -0.2) is 51.3 Å². The van der Waals surface area contributed by atoms with Gasteiger partial charge in [0.25, 0.3) is 0 Å². The fourth-order valence-corrected chi connectivity index (χ4v) is 4.87. The lowest BCUT2D eigenvalue weighted by atomic mass is 9.83. The summed E-state index contributed by atoms with van der Waals surface area (Å²) in [6.07, 6.45) is 10.4. The van der Waals surface area contributed by atoms with Crippen LogP contribution in [0.25, 0.3) is 0 Å². The summed E-state index contributed by atoms with van der Waals surface area (Å²) in [7, 11) is 3.67. The Balaban J connectivity index is 0.00000320. The Hall–Kier alpha value is -0.860. The number of nitrogens with zero attached hydrogens (tertiary/aromatic N) is 2. The van der Waals surface area contributed by atoms with Crippen LogP contribution in [-0.2, 0) is 17.8 Å². The number of benzene rings is 1. The molecule has 0 spiro atoms. The molecular weight excluding hydrogens is 487 g/mol. The molecule has 2 fully saturated rings. The van der Waals surface area contributed by atoms with E-state index in [0.717, 1.165) is 38.6 Å². The van der Waals surface area contributed by atoms with Gasteiger partial charge in [0.15, 0.2) is 5.96 Å². The molecule has 0 radical (unpaired) electrons. The maximum absolute atomic E-state index is 5.37. The van der Waals surface area contributed by atoms with Crippen LogP contribution in [0.15, 0.2) is 29.3 Å². The lowest BCUT2D eigenvalue weighted by Crippen LogP contribution is -2.43. The molecule has 1 aliphatic heterocycles. The monoisotopic (exact) mass is 528 g/mol. The summed E-state index contributed by atoms with van der Waals surface area (Å²) in [5.41, 5.74) is 3.17. The van der Waals surface area contributed by atoms with E-state index in [0.29, 0.717) is 5.41 Å². The molecule has 1 saturated heterocycles. The van der Waals surface area contributed by atoms with E-state index >= 15 is 0 Å². The number of piperidine rings is 1. The number of aliphatic imine (C=N–C) groups is 1. The van der Waals surface area contributed by atoms with Gasteiger partial charge in [-0.25, -0.2) is 0 Å². The first-order chi connectivity index (χ1) is 14.2. The van der Waals surface area contributed by atoms with Crippen molar-refractivity contribution in [2.45, 2.75) is 64.5 Å². The van der Waals surface area contributed by atoms with E-state index in [2.05, 4.69) is 44.8 Å². The molecule has 0 unspecified atom stereocenters. The van der Waals surface area contributed by atoms with Crippen LogP contribution in [0.3, 0.4) is 0 Å². The van der Waals surface area contributed by atoms with Crippen LogP contribution in [0.5, 0.6) is 0 Å². The maximum Gasteiger partial charge on any atom is 0.191 e. The smallest absolute Gasteiger partial charge is 0.191 e. The number of likely N-dealkylation sites (tertiary alicyclic amines) is 1. The first kappa shape index (κ1) is 25.4. The first-order valence-corrected chi connectivity index (χ1v) is 11.5. The zero-order valence-corrected chi connectivity index (χ0v) is 21.3. The van der Waals surface area contributed by atoms with Gasteiger partial charge in [0, 0.05) is 40.4 Å². The molecule has 2 aliphatic rings. The topological polar surface area (TPSA) is 48.9 Å². The average Bonchev–Trinajstić information content (AvgIpc) is 3.23. The molecule has 5 nitrogen and oxygen atoms in total. The van der Waals surface area contributed by atoms with E-state index in [1.807, 2.05) is 7.05 Å². The highest BCUT2D eigenvalue weighted by molar-refractivity contribution is 14.0. The Kier molecular flexibility index (Phi) is 11.5. The lowest BCUT2D eigenvalue weighted by Gasteiger charge is -2.30. The van der Waals surface area contributed by atoms with Crippen molar-refractivity contribution in [3.8, 4) is 0 Å². The Labute approximate surface area is 200 Å². The number of rotatable bonds is 9. The van der Waals surface area contributed by atoms with Crippen molar-refractivity contribution in [2.24, 2.45) is 10.4 Å². The van der Waals surface area contributed by atoms with Crippen molar-refractivity contribution in [3.63, 3.8) is 0 Å². The predicted octanol–water partition coefficient (Wildman–Crippen LogP) is 4.55. The Morgan fingerprint density at radius 2 is 1.73 bits per heavy atom. The molecule has 1 heterocycles. The summed E-state index contributed by atoms with van der Waals surface area (Å²) in [5.74, 6) is 0.904. The summed E-state index contributed by atoms with van der Waals surface area (Å²) < 4.78 is 5.37. The molecule has 6 heteroatoms. The molecule has 0 bridgehead atoms. The van der Waals surface area contributed by atoms with Crippen molar-refractivity contribution in [3.05, 3.63) is 35.4 Å². The molecule has 1 aromatic rings. The molecule has 0 aromatic heterocycles. The third-order valence-corrected chi connectivity index (χ3v) is 6.76. The van der Waals surface area contributed by atoms with Crippen LogP contribution < -0.4 is 10.6 Å². The third kappa shape index (κ3) is 7.68. The molecule has 0 atom stereocenters. The largest absolute Gasteiger partial charge is 0.385 e. The molecular formula is C24H41IN4O. The van der Waals surface area contributed by atoms with Crippen LogP contribution >= 0.6 is 24.0 Å². The van der Waals surface area contributed by atoms with Crippen LogP contribution in [0.1, 0.15) is 62.5 Å². The summed E-state index contributed by atoms with van der Waals surface area (Å²) in [6, 6.07) is 8.83. The highest BCUT2D eigenvalue weighted by atomic mass is 127. The Morgan fingerprint density at radius 1 is 1.03 bits per heavy atom. The minimum Gasteiger partial charge on any atom is -0.385 e. The van der Waals surface area contributed by atoms with Gasteiger partial charge in [-0.2, -0.15) is 0 Å². The van der Waals surface area contributed by atoms with Gasteiger partial charge in [-0.3, -0.25) is 9.89 Å². The number of nitrogens with one attached hydrogen (secondary N) is 2. The van der Waals surface area contributed by atoms with E-state index in [9.17, 15) is 0 Å². The molecule has 170 valence electrons. The van der Waals surface area contributed by atoms with Gasteiger partial charge in [-0.1, -0.05) is 43.5 Å². The number of guanidine groups is 1. The fourth-order valence-electron chi connectivity index (χ4n) is 4.87. The van der Waals surface area contributed by atoms with Gasteiger partial charge in [-0.05, 0) is 61.7 Å². The van der Waals surface area contributed by atoms with Gasteiger partial charge in [0.2, 0.25) is 0 Å².